The van der Waals surface area contributed by atoms with Gasteiger partial charge in [-0.05, 0) is 29.9 Å². The molecule has 0 amide bonds. The molecule has 0 saturated carbocycles. The summed E-state index contributed by atoms with van der Waals surface area (Å²) in [7, 11) is 0. The Labute approximate surface area is 83.1 Å². The summed E-state index contributed by atoms with van der Waals surface area (Å²) in [6, 6.07) is 6.57. The van der Waals surface area contributed by atoms with Crippen LogP contribution in [-0.4, -0.2) is 12.3 Å². The minimum Gasteiger partial charge on any atom is -0.310 e. The van der Waals surface area contributed by atoms with Crippen LogP contribution in [0.3, 0.4) is 0 Å². The summed E-state index contributed by atoms with van der Waals surface area (Å²) in [4.78, 5) is 1.32. The number of fused-ring (bicyclic) bond motifs is 1. The van der Waals surface area contributed by atoms with Crippen molar-refractivity contribution in [3.63, 3.8) is 0 Å². The van der Waals surface area contributed by atoms with Gasteiger partial charge in [0.1, 0.15) is 0 Å². The fourth-order valence-corrected chi connectivity index (χ4v) is 2.33. The van der Waals surface area contributed by atoms with Crippen molar-refractivity contribution in [2.45, 2.75) is 18.2 Å². The van der Waals surface area contributed by atoms with Gasteiger partial charge >= 0.3 is 0 Å². The zero-order valence-corrected chi connectivity index (χ0v) is 8.60. The minimum absolute atomic E-state index is 0.954. The summed E-state index contributed by atoms with van der Waals surface area (Å²) in [6.07, 6.45) is 1.09. The molecule has 1 aromatic rings. The van der Waals surface area contributed by atoms with Crippen molar-refractivity contribution >= 4 is 17.4 Å². The van der Waals surface area contributed by atoms with E-state index in [0.29, 0.717) is 0 Å². The van der Waals surface area contributed by atoms with Crippen LogP contribution in [0.15, 0.2) is 23.1 Å². The summed E-state index contributed by atoms with van der Waals surface area (Å²) >= 11 is 1.86. The third-order valence-electron chi connectivity index (χ3n) is 2.30. The molecule has 2 nitrogen and oxygen atoms in total. The van der Waals surface area contributed by atoms with Gasteiger partial charge in [0.25, 0.3) is 0 Å². The Hall–Kier alpha value is -0.670. The summed E-state index contributed by atoms with van der Waals surface area (Å²) in [5.41, 5.74) is 2.58. The molecular formula is C10H14N2S. The predicted molar refractivity (Wildman–Crippen MR) is 58.1 cm³/mol. The molecule has 0 bridgehead atoms. The molecule has 0 radical (unpaired) electrons. The van der Waals surface area contributed by atoms with Crippen LogP contribution in [0.5, 0.6) is 0 Å². The third-order valence-corrected chi connectivity index (χ3v) is 3.18. The van der Waals surface area contributed by atoms with Crippen LogP contribution in [0.4, 0.5) is 5.69 Å². The number of rotatable bonds is 2. The first kappa shape index (κ1) is 8.91. The summed E-state index contributed by atoms with van der Waals surface area (Å²) in [5.74, 6) is 6.95. The van der Waals surface area contributed by atoms with Gasteiger partial charge < -0.3 is 5.01 Å². The third kappa shape index (κ3) is 1.67. The zero-order chi connectivity index (χ0) is 9.26. The highest BCUT2D eigenvalue weighted by molar-refractivity contribution is 7.99. The topological polar surface area (TPSA) is 29.3 Å². The van der Waals surface area contributed by atoms with Crippen LogP contribution >= 0.6 is 11.8 Å². The van der Waals surface area contributed by atoms with Gasteiger partial charge in [-0.25, -0.2) is 5.84 Å². The summed E-state index contributed by atoms with van der Waals surface area (Å²) in [6.45, 7) is 3.12. The second kappa shape index (κ2) is 3.60. The molecule has 3 heteroatoms. The molecular weight excluding hydrogens is 180 g/mol. The van der Waals surface area contributed by atoms with Crippen molar-refractivity contribution in [1.82, 2.24) is 0 Å². The highest BCUT2D eigenvalue weighted by Gasteiger charge is 2.15. The van der Waals surface area contributed by atoms with Gasteiger partial charge in [0, 0.05) is 11.4 Å². The van der Waals surface area contributed by atoms with Crippen LogP contribution in [-0.2, 0) is 6.42 Å². The lowest BCUT2D eigenvalue weighted by Crippen LogP contribution is -2.28. The summed E-state index contributed by atoms with van der Waals surface area (Å²) in [5, 5.41) is 1.84. The Kier molecular flexibility index (Phi) is 2.47. The molecule has 2 rings (SSSR count). The molecule has 0 spiro atoms. The standard InChI is InChI=1S/C10H14N2S/c1-2-13-9-4-3-8-5-6-12(11)10(8)7-9/h3-4,7H,2,5-6,11H2,1H3. The number of anilines is 1. The van der Waals surface area contributed by atoms with E-state index in [1.807, 2.05) is 16.8 Å². The second-order valence-electron chi connectivity index (χ2n) is 3.17. The predicted octanol–water partition coefficient (Wildman–Crippen LogP) is 2.03. The number of nitrogens with two attached hydrogens (primary N) is 1. The van der Waals surface area contributed by atoms with Gasteiger partial charge in [0.2, 0.25) is 0 Å². The lowest BCUT2D eigenvalue weighted by molar-refractivity contribution is 0.891. The fraction of sp³-hybridized carbons (Fsp3) is 0.400. The number of hydrogen-bond donors (Lipinski definition) is 1. The Balaban J connectivity index is 2.31. The first-order valence-corrected chi connectivity index (χ1v) is 5.58. The maximum absolute atomic E-state index is 5.84. The smallest absolute Gasteiger partial charge is 0.0561 e. The molecule has 1 heterocycles. The molecule has 13 heavy (non-hydrogen) atoms. The quantitative estimate of drug-likeness (QED) is 0.577. The SMILES string of the molecule is CCSc1ccc2c(c1)N(N)CC2. The maximum atomic E-state index is 5.84. The molecule has 0 atom stereocenters. The van der Waals surface area contributed by atoms with E-state index >= 15 is 0 Å². The Morgan fingerprint density at radius 2 is 2.38 bits per heavy atom. The van der Waals surface area contributed by atoms with Crippen molar-refractivity contribution in [2.75, 3.05) is 17.3 Å². The van der Waals surface area contributed by atoms with E-state index in [9.17, 15) is 0 Å². The molecule has 70 valence electrons. The van der Waals surface area contributed by atoms with Crippen LogP contribution in [0, 0.1) is 0 Å². The molecule has 0 fully saturated rings. The van der Waals surface area contributed by atoms with E-state index in [-0.39, 0.29) is 0 Å². The lowest BCUT2D eigenvalue weighted by atomic mass is 10.2. The highest BCUT2D eigenvalue weighted by atomic mass is 32.2. The maximum Gasteiger partial charge on any atom is 0.0561 e. The first-order valence-electron chi connectivity index (χ1n) is 4.59. The molecule has 2 N–H and O–H groups in total. The van der Waals surface area contributed by atoms with E-state index in [2.05, 4.69) is 25.1 Å². The zero-order valence-electron chi connectivity index (χ0n) is 7.79. The van der Waals surface area contributed by atoms with Gasteiger partial charge in [0.15, 0.2) is 0 Å². The molecule has 1 aliphatic heterocycles. The fourth-order valence-electron chi connectivity index (χ4n) is 1.64. The largest absolute Gasteiger partial charge is 0.310 e. The van der Waals surface area contributed by atoms with E-state index in [0.717, 1.165) is 18.7 Å². The average Bonchev–Trinajstić information content (AvgIpc) is 2.49. The first-order chi connectivity index (χ1) is 6.31. The second-order valence-corrected chi connectivity index (χ2v) is 4.50. The van der Waals surface area contributed by atoms with Crippen LogP contribution < -0.4 is 10.9 Å². The summed E-state index contributed by atoms with van der Waals surface area (Å²) < 4.78 is 0. The number of hydrogen-bond acceptors (Lipinski definition) is 3. The molecule has 1 aromatic carbocycles. The van der Waals surface area contributed by atoms with Crippen LogP contribution in [0.1, 0.15) is 12.5 Å². The van der Waals surface area contributed by atoms with Gasteiger partial charge in [-0.15, -0.1) is 11.8 Å². The van der Waals surface area contributed by atoms with Gasteiger partial charge in [-0.3, -0.25) is 0 Å². The molecule has 0 aromatic heterocycles. The van der Waals surface area contributed by atoms with E-state index < -0.39 is 0 Å². The number of benzene rings is 1. The Bertz CT molecular complexity index is 312. The normalized spacial score (nSPS) is 14.8. The van der Waals surface area contributed by atoms with Crippen molar-refractivity contribution in [1.29, 1.82) is 0 Å². The number of hydrazine groups is 1. The van der Waals surface area contributed by atoms with Crippen LogP contribution in [0.25, 0.3) is 0 Å². The highest BCUT2D eigenvalue weighted by Crippen LogP contribution is 2.30. The van der Waals surface area contributed by atoms with Crippen molar-refractivity contribution in [3.8, 4) is 0 Å². The Morgan fingerprint density at radius 1 is 1.54 bits per heavy atom. The van der Waals surface area contributed by atoms with Crippen molar-refractivity contribution in [3.05, 3.63) is 23.8 Å². The molecule has 1 aliphatic rings. The van der Waals surface area contributed by atoms with Gasteiger partial charge in [0.05, 0.1) is 5.69 Å². The van der Waals surface area contributed by atoms with Gasteiger partial charge in [-0.2, -0.15) is 0 Å². The lowest BCUT2D eigenvalue weighted by Gasteiger charge is -2.12. The average molecular weight is 194 g/mol. The molecule has 0 unspecified atom stereocenters. The van der Waals surface area contributed by atoms with Crippen molar-refractivity contribution < 1.29 is 0 Å². The van der Waals surface area contributed by atoms with Gasteiger partial charge in [-0.1, -0.05) is 13.0 Å². The van der Waals surface area contributed by atoms with E-state index in [1.165, 1.54) is 16.1 Å². The molecule has 0 aliphatic carbocycles. The number of nitrogens with zero attached hydrogens (tertiary/aromatic N) is 1. The molecule has 0 saturated heterocycles. The van der Waals surface area contributed by atoms with E-state index in [1.54, 1.807) is 0 Å². The minimum atomic E-state index is 0.954. The van der Waals surface area contributed by atoms with E-state index in [4.69, 9.17) is 5.84 Å². The monoisotopic (exact) mass is 194 g/mol. The van der Waals surface area contributed by atoms with Crippen LogP contribution in [0.2, 0.25) is 0 Å². The number of thioether (sulfide) groups is 1. The Morgan fingerprint density at radius 3 is 3.15 bits per heavy atom. The van der Waals surface area contributed by atoms with Crippen molar-refractivity contribution in [2.24, 2.45) is 5.84 Å².